The molecule has 0 unspecified atom stereocenters. The predicted molar refractivity (Wildman–Crippen MR) is 83.1 cm³/mol. The zero-order chi connectivity index (χ0) is 15.2. The summed E-state index contributed by atoms with van der Waals surface area (Å²) in [5, 5.41) is 0. The Hall–Kier alpha value is -1.90. The van der Waals surface area contributed by atoms with Gasteiger partial charge in [0.25, 0.3) is 0 Å². The Morgan fingerprint density at radius 2 is 1.50 bits per heavy atom. The van der Waals surface area contributed by atoms with Crippen molar-refractivity contribution in [2.75, 3.05) is 4.90 Å². The first-order valence-electron chi connectivity index (χ1n) is 8.21. The monoisotopic (exact) mass is 293 g/mol. The van der Waals surface area contributed by atoms with Crippen molar-refractivity contribution < 1.29 is 9.59 Å². The number of hydrogen-bond donors (Lipinski definition) is 0. The molecule has 22 heavy (non-hydrogen) atoms. The quantitative estimate of drug-likeness (QED) is 0.590. The van der Waals surface area contributed by atoms with Crippen LogP contribution in [-0.2, 0) is 9.59 Å². The summed E-state index contributed by atoms with van der Waals surface area (Å²) in [5.74, 6) is 1.77. The number of aryl methyl sites for hydroxylation is 2. The van der Waals surface area contributed by atoms with Crippen molar-refractivity contribution >= 4 is 17.5 Å². The molecular formula is C19H19NO2. The van der Waals surface area contributed by atoms with Gasteiger partial charge < -0.3 is 0 Å². The Balaban J connectivity index is 1.58. The van der Waals surface area contributed by atoms with E-state index in [1.165, 1.54) is 16.9 Å². The normalized spacial score (nSPS) is 40.9. The van der Waals surface area contributed by atoms with Gasteiger partial charge in [-0.25, -0.2) is 0 Å². The van der Waals surface area contributed by atoms with E-state index >= 15 is 0 Å². The molecule has 0 aromatic heterocycles. The standard InChI is InChI=1S/C19H19NO2/c1-9-3-4-11(7-10(9)2)20-18(21)16-12-5-6-13(15-8-14(12)15)17(16)19(20)22/h3-7,12-17H,8H2,1-2H3/t12-,13+,14+,15-,16+,17-. The van der Waals surface area contributed by atoms with Crippen LogP contribution in [0.5, 0.6) is 0 Å². The summed E-state index contributed by atoms with van der Waals surface area (Å²) in [6, 6.07) is 5.88. The minimum atomic E-state index is -0.104. The van der Waals surface area contributed by atoms with Gasteiger partial charge in [-0.1, -0.05) is 18.2 Å². The van der Waals surface area contributed by atoms with Crippen LogP contribution < -0.4 is 4.90 Å². The number of nitrogens with zero attached hydrogens (tertiary/aromatic N) is 1. The van der Waals surface area contributed by atoms with Crippen LogP contribution in [0.25, 0.3) is 0 Å². The lowest BCUT2D eigenvalue weighted by Crippen LogP contribution is -2.40. The lowest BCUT2D eigenvalue weighted by Gasteiger charge is -2.37. The molecule has 2 amide bonds. The first-order valence-corrected chi connectivity index (χ1v) is 8.21. The van der Waals surface area contributed by atoms with Gasteiger partial charge in [-0.05, 0) is 67.2 Å². The van der Waals surface area contributed by atoms with Crippen molar-refractivity contribution in [2.45, 2.75) is 20.3 Å². The maximum absolute atomic E-state index is 13.0. The molecule has 3 nitrogen and oxygen atoms in total. The molecule has 5 aliphatic rings. The first-order chi connectivity index (χ1) is 10.6. The molecule has 1 saturated heterocycles. The van der Waals surface area contributed by atoms with Gasteiger partial charge >= 0.3 is 0 Å². The number of amides is 2. The molecule has 6 rings (SSSR count). The highest BCUT2D eigenvalue weighted by Gasteiger charge is 2.67. The van der Waals surface area contributed by atoms with Gasteiger partial charge in [0.1, 0.15) is 0 Å². The summed E-state index contributed by atoms with van der Waals surface area (Å²) >= 11 is 0. The minimum absolute atomic E-state index is 0.0305. The molecule has 2 saturated carbocycles. The third-order valence-electron chi connectivity index (χ3n) is 6.41. The molecule has 0 N–H and O–H groups in total. The van der Waals surface area contributed by atoms with Crippen LogP contribution >= 0.6 is 0 Å². The molecule has 0 radical (unpaired) electrons. The maximum atomic E-state index is 13.0. The Morgan fingerprint density at radius 1 is 0.909 bits per heavy atom. The summed E-state index contributed by atoms with van der Waals surface area (Å²) in [6.45, 7) is 4.07. The van der Waals surface area contributed by atoms with Crippen molar-refractivity contribution in [3.05, 3.63) is 41.5 Å². The number of allylic oxidation sites excluding steroid dienone is 2. The number of rotatable bonds is 1. The zero-order valence-corrected chi connectivity index (χ0v) is 12.8. The molecule has 1 aromatic carbocycles. The van der Waals surface area contributed by atoms with Gasteiger partial charge in [-0.15, -0.1) is 0 Å². The Kier molecular flexibility index (Phi) is 2.23. The van der Waals surface area contributed by atoms with Crippen molar-refractivity contribution in [3.63, 3.8) is 0 Å². The number of imide groups is 1. The topological polar surface area (TPSA) is 37.4 Å². The van der Waals surface area contributed by atoms with E-state index in [1.807, 2.05) is 32.0 Å². The van der Waals surface area contributed by atoms with Crippen molar-refractivity contribution in [3.8, 4) is 0 Å². The SMILES string of the molecule is Cc1ccc(N2C(=O)[C@@H]3[C@H]4C=C[C@H]([C@@H]5C[C@H]45)[C@@H]3C2=O)cc1C. The van der Waals surface area contributed by atoms with Gasteiger partial charge in [0, 0.05) is 0 Å². The summed E-state index contributed by atoms with van der Waals surface area (Å²) in [7, 11) is 0. The highest BCUT2D eigenvalue weighted by atomic mass is 16.2. The van der Waals surface area contributed by atoms with Crippen LogP contribution in [0.1, 0.15) is 17.5 Å². The van der Waals surface area contributed by atoms with E-state index in [0.29, 0.717) is 23.7 Å². The Morgan fingerprint density at radius 3 is 2.05 bits per heavy atom. The van der Waals surface area contributed by atoms with E-state index in [4.69, 9.17) is 0 Å². The van der Waals surface area contributed by atoms with E-state index in [2.05, 4.69) is 12.2 Å². The van der Waals surface area contributed by atoms with E-state index in [-0.39, 0.29) is 23.7 Å². The van der Waals surface area contributed by atoms with E-state index in [9.17, 15) is 9.59 Å². The largest absolute Gasteiger partial charge is 0.274 e. The molecule has 4 aliphatic carbocycles. The molecule has 1 heterocycles. The van der Waals surface area contributed by atoms with Crippen LogP contribution in [0.4, 0.5) is 5.69 Å². The van der Waals surface area contributed by atoms with Crippen LogP contribution in [0.2, 0.25) is 0 Å². The van der Waals surface area contributed by atoms with Gasteiger partial charge in [0.05, 0.1) is 17.5 Å². The smallest absolute Gasteiger partial charge is 0.238 e. The van der Waals surface area contributed by atoms with E-state index in [0.717, 1.165) is 11.3 Å². The average molecular weight is 293 g/mol. The number of benzene rings is 1. The fraction of sp³-hybridized carbons (Fsp3) is 0.474. The van der Waals surface area contributed by atoms with Crippen LogP contribution in [0, 0.1) is 49.4 Å². The summed E-state index contributed by atoms with van der Waals surface area (Å²) in [4.78, 5) is 27.4. The number of carbonyl (C=O) groups excluding carboxylic acids is 2. The van der Waals surface area contributed by atoms with E-state index < -0.39 is 0 Å². The second kappa shape index (κ2) is 3.89. The average Bonchev–Trinajstić information content (AvgIpc) is 3.28. The lowest BCUT2D eigenvalue weighted by molar-refractivity contribution is -0.124. The van der Waals surface area contributed by atoms with Crippen molar-refractivity contribution in [2.24, 2.45) is 35.5 Å². The molecule has 112 valence electrons. The van der Waals surface area contributed by atoms with Gasteiger partial charge in [0.15, 0.2) is 0 Å². The Bertz CT molecular complexity index is 714. The molecule has 0 spiro atoms. The highest BCUT2D eigenvalue weighted by Crippen LogP contribution is 2.65. The van der Waals surface area contributed by atoms with E-state index in [1.54, 1.807) is 0 Å². The molecule has 3 heteroatoms. The number of anilines is 1. The predicted octanol–water partition coefficient (Wildman–Crippen LogP) is 2.86. The Labute approximate surface area is 130 Å². The summed E-state index contributed by atoms with van der Waals surface area (Å²) < 4.78 is 0. The van der Waals surface area contributed by atoms with Gasteiger partial charge in [-0.2, -0.15) is 0 Å². The third kappa shape index (κ3) is 1.37. The molecule has 6 atom stereocenters. The van der Waals surface area contributed by atoms with Crippen LogP contribution in [0.3, 0.4) is 0 Å². The lowest BCUT2D eigenvalue weighted by atomic mass is 9.63. The minimum Gasteiger partial charge on any atom is -0.274 e. The number of hydrogen-bond acceptors (Lipinski definition) is 2. The van der Waals surface area contributed by atoms with Crippen molar-refractivity contribution in [1.82, 2.24) is 0 Å². The van der Waals surface area contributed by atoms with Gasteiger partial charge in [0.2, 0.25) is 11.8 Å². The third-order valence-corrected chi connectivity index (χ3v) is 6.41. The maximum Gasteiger partial charge on any atom is 0.238 e. The fourth-order valence-electron chi connectivity index (χ4n) is 5.08. The fourth-order valence-corrected chi connectivity index (χ4v) is 5.08. The molecule has 1 aromatic rings. The summed E-state index contributed by atoms with van der Waals surface area (Å²) in [6.07, 6.45) is 5.64. The van der Waals surface area contributed by atoms with Crippen LogP contribution in [0.15, 0.2) is 30.4 Å². The van der Waals surface area contributed by atoms with Gasteiger partial charge in [-0.3, -0.25) is 14.5 Å². The summed E-state index contributed by atoms with van der Waals surface area (Å²) in [5.41, 5.74) is 3.06. The highest BCUT2D eigenvalue weighted by molar-refractivity contribution is 6.22. The molecule has 1 aliphatic heterocycles. The number of carbonyl (C=O) groups is 2. The molecular weight excluding hydrogens is 274 g/mol. The van der Waals surface area contributed by atoms with Crippen molar-refractivity contribution in [1.29, 1.82) is 0 Å². The second-order valence-electron chi connectivity index (χ2n) is 7.44. The zero-order valence-electron chi connectivity index (χ0n) is 12.8. The second-order valence-corrected chi connectivity index (χ2v) is 7.44. The molecule has 2 bridgehead atoms. The first kappa shape index (κ1) is 12.6. The molecule has 3 fully saturated rings. The van der Waals surface area contributed by atoms with Crippen LogP contribution in [-0.4, -0.2) is 11.8 Å².